The first-order valence-corrected chi connectivity index (χ1v) is 7.40. The Balaban J connectivity index is 2.16. The van der Waals surface area contributed by atoms with Crippen molar-refractivity contribution in [3.8, 4) is 0 Å². The molecule has 0 bridgehead atoms. The average Bonchev–Trinajstić information content (AvgIpc) is 2.64. The molecule has 0 aliphatic carbocycles. The minimum absolute atomic E-state index is 0.671. The highest BCUT2D eigenvalue weighted by Gasteiger charge is 2.12. The minimum atomic E-state index is 0.671. The molecule has 102 valence electrons. The van der Waals surface area contributed by atoms with E-state index in [0.29, 0.717) is 6.54 Å². The van der Waals surface area contributed by atoms with Gasteiger partial charge in [-0.2, -0.15) is 5.10 Å². The third-order valence-electron chi connectivity index (χ3n) is 3.14. The van der Waals surface area contributed by atoms with Crippen LogP contribution in [0.5, 0.6) is 0 Å². The number of halogens is 2. The summed E-state index contributed by atoms with van der Waals surface area (Å²) in [5.74, 6) is 0. The highest BCUT2D eigenvalue weighted by molar-refractivity contribution is 9.10. The molecule has 2 aromatic rings. The second kappa shape index (κ2) is 5.97. The van der Waals surface area contributed by atoms with Crippen LogP contribution in [0.2, 0.25) is 5.02 Å². The van der Waals surface area contributed by atoms with E-state index in [4.69, 9.17) is 11.6 Å². The third kappa shape index (κ3) is 3.12. The smallest absolute Gasteiger partial charge is 0.0868 e. The lowest BCUT2D eigenvalue weighted by atomic mass is 10.2. The molecule has 0 atom stereocenters. The molecule has 1 heterocycles. The van der Waals surface area contributed by atoms with Gasteiger partial charge in [0.25, 0.3) is 0 Å². The van der Waals surface area contributed by atoms with Crippen molar-refractivity contribution >= 4 is 33.2 Å². The molecule has 0 unspecified atom stereocenters. The number of nitrogens with zero attached hydrogens (tertiary/aromatic N) is 2. The molecule has 0 saturated heterocycles. The average molecular weight is 343 g/mol. The first-order chi connectivity index (χ1) is 9.02. The number of aromatic nitrogens is 2. The molecule has 0 aliphatic heterocycles. The van der Waals surface area contributed by atoms with E-state index in [-0.39, 0.29) is 0 Å². The predicted molar refractivity (Wildman–Crippen MR) is 83.8 cm³/mol. The monoisotopic (exact) mass is 341 g/mol. The minimum Gasteiger partial charge on any atom is -0.379 e. The number of anilines is 1. The predicted octanol–water partition coefficient (Wildman–Crippen LogP) is 4.32. The number of aryl methyl sites for hydroxylation is 3. The molecule has 2 rings (SSSR count). The van der Waals surface area contributed by atoms with Crippen LogP contribution < -0.4 is 5.32 Å². The molecule has 0 spiro atoms. The van der Waals surface area contributed by atoms with Crippen LogP contribution in [0.3, 0.4) is 0 Å². The Hall–Kier alpha value is -1.000. The van der Waals surface area contributed by atoms with E-state index in [0.717, 1.165) is 33.0 Å². The molecule has 0 amide bonds. The maximum absolute atomic E-state index is 6.33. The lowest BCUT2D eigenvalue weighted by Gasteiger charge is -2.10. The molecule has 1 aromatic heterocycles. The van der Waals surface area contributed by atoms with E-state index in [1.165, 1.54) is 5.56 Å². The summed E-state index contributed by atoms with van der Waals surface area (Å²) in [6, 6.07) is 6.17. The van der Waals surface area contributed by atoms with E-state index in [1.54, 1.807) is 0 Å². The Morgan fingerprint density at radius 3 is 2.74 bits per heavy atom. The largest absolute Gasteiger partial charge is 0.379 e. The maximum Gasteiger partial charge on any atom is 0.0868 e. The van der Waals surface area contributed by atoms with Gasteiger partial charge >= 0.3 is 0 Å². The molecule has 5 heteroatoms. The van der Waals surface area contributed by atoms with Crippen molar-refractivity contribution in [3.05, 3.63) is 44.6 Å². The van der Waals surface area contributed by atoms with Crippen molar-refractivity contribution < 1.29 is 0 Å². The number of benzene rings is 1. The Bertz CT molecular complexity index is 593. The van der Waals surface area contributed by atoms with Crippen molar-refractivity contribution in [1.29, 1.82) is 0 Å². The van der Waals surface area contributed by atoms with E-state index < -0.39 is 0 Å². The topological polar surface area (TPSA) is 29.9 Å². The van der Waals surface area contributed by atoms with Crippen molar-refractivity contribution in [2.75, 3.05) is 5.32 Å². The zero-order valence-corrected chi connectivity index (χ0v) is 13.6. The van der Waals surface area contributed by atoms with Crippen LogP contribution in [-0.2, 0) is 20.0 Å². The summed E-state index contributed by atoms with van der Waals surface area (Å²) in [6.07, 6.45) is 0.851. The fraction of sp³-hybridized carbons (Fsp3) is 0.357. The Morgan fingerprint density at radius 2 is 2.16 bits per heavy atom. The van der Waals surface area contributed by atoms with Crippen LogP contribution in [0.25, 0.3) is 0 Å². The van der Waals surface area contributed by atoms with Gasteiger partial charge in [0.1, 0.15) is 0 Å². The molecular formula is C14H17BrClN3. The van der Waals surface area contributed by atoms with Gasteiger partial charge in [0.15, 0.2) is 0 Å². The Morgan fingerprint density at radius 1 is 1.42 bits per heavy atom. The summed E-state index contributed by atoms with van der Waals surface area (Å²) in [5.41, 5.74) is 4.27. The molecule has 0 radical (unpaired) electrons. The lowest BCUT2D eigenvalue weighted by Crippen LogP contribution is -2.06. The summed E-state index contributed by atoms with van der Waals surface area (Å²) in [7, 11) is 1.93. The summed E-state index contributed by atoms with van der Waals surface area (Å²) >= 11 is 9.80. The van der Waals surface area contributed by atoms with Gasteiger partial charge in [-0.3, -0.25) is 4.68 Å². The van der Waals surface area contributed by atoms with Gasteiger partial charge in [0, 0.05) is 17.2 Å². The van der Waals surface area contributed by atoms with Gasteiger partial charge in [-0.15, -0.1) is 0 Å². The Labute approximate surface area is 127 Å². The third-order valence-corrected chi connectivity index (χ3v) is 4.07. The molecule has 0 aliphatic rings. The summed E-state index contributed by atoms with van der Waals surface area (Å²) in [5, 5.41) is 8.59. The van der Waals surface area contributed by atoms with Crippen molar-refractivity contribution in [2.24, 2.45) is 7.05 Å². The van der Waals surface area contributed by atoms with Gasteiger partial charge < -0.3 is 5.32 Å². The van der Waals surface area contributed by atoms with Crippen molar-refractivity contribution in [1.82, 2.24) is 9.78 Å². The van der Waals surface area contributed by atoms with Crippen LogP contribution in [-0.4, -0.2) is 9.78 Å². The fourth-order valence-electron chi connectivity index (χ4n) is 2.02. The number of rotatable bonds is 4. The summed E-state index contributed by atoms with van der Waals surface area (Å²) in [4.78, 5) is 0. The van der Waals surface area contributed by atoms with Crippen LogP contribution in [0.1, 0.15) is 23.9 Å². The van der Waals surface area contributed by atoms with Crippen LogP contribution in [0.4, 0.5) is 5.69 Å². The molecule has 19 heavy (non-hydrogen) atoms. The second-order valence-corrected chi connectivity index (χ2v) is 5.79. The van der Waals surface area contributed by atoms with Gasteiger partial charge in [-0.25, -0.2) is 0 Å². The van der Waals surface area contributed by atoms with Crippen molar-refractivity contribution in [2.45, 2.75) is 26.8 Å². The maximum atomic E-state index is 6.33. The standard InChI is InChI=1S/C14H17BrClN3/c1-4-11-14(16)13(19(3)18-11)8-17-12-6-5-10(15)7-9(12)2/h5-7,17H,4,8H2,1-3H3. The van der Waals surface area contributed by atoms with Crippen molar-refractivity contribution in [3.63, 3.8) is 0 Å². The quantitative estimate of drug-likeness (QED) is 0.897. The van der Waals surface area contributed by atoms with E-state index in [9.17, 15) is 0 Å². The van der Waals surface area contributed by atoms with Gasteiger partial charge in [-0.1, -0.05) is 34.5 Å². The molecular weight excluding hydrogens is 326 g/mol. The van der Waals surface area contributed by atoms with Crippen LogP contribution in [0.15, 0.2) is 22.7 Å². The Kier molecular flexibility index (Phi) is 4.53. The van der Waals surface area contributed by atoms with Gasteiger partial charge in [0.2, 0.25) is 0 Å². The highest BCUT2D eigenvalue weighted by atomic mass is 79.9. The summed E-state index contributed by atoms with van der Waals surface area (Å²) < 4.78 is 2.94. The zero-order chi connectivity index (χ0) is 14.0. The first kappa shape index (κ1) is 14.4. The molecule has 0 saturated carbocycles. The number of nitrogens with one attached hydrogen (secondary N) is 1. The normalized spacial score (nSPS) is 10.8. The van der Waals surface area contributed by atoms with E-state index in [1.807, 2.05) is 17.8 Å². The van der Waals surface area contributed by atoms with E-state index >= 15 is 0 Å². The fourth-order valence-corrected chi connectivity index (χ4v) is 2.85. The highest BCUT2D eigenvalue weighted by Crippen LogP contribution is 2.24. The molecule has 1 aromatic carbocycles. The molecule has 1 N–H and O–H groups in total. The van der Waals surface area contributed by atoms with Gasteiger partial charge in [0.05, 0.1) is 23.0 Å². The summed E-state index contributed by atoms with van der Waals surface area (Å²) in [6.45, 7) is 4.81. The molecule has 0 fully saturated rings. The van der Waals surface area contributed by atoms with Gasteiger partial charge in [-0.05, 0) is 37.1 Å². The molecule has 3 nitrogen and oxygen atoms in total. The first-order valence-electron chi connectivity index (χ1n) is 6.23. The number of hydrogen-bond donors (Lipinski definition) is 1. The van der Waals surface area contributed by atoms with Crippen LogP contribution >= 0.6 is 27.5 Å². The zero-order valence-electron chi connectivity index (χ0n) is 11.3. The number of hydrogen-bond acceptors (Lipinski definition) is 2. The van der Waals surface area contributed by atoms with E-state index in [2.05, 4.69) is 52.3 Å². The van der Waals surface area contributed by atoms with Crippen LogP contribution in [0, 0.1) is 6.92 Å². The second-order valence-electron chi connectivity index (χ2n) is 4.50. The SMILES string of the molecule is CCc1nn(C)c(CNc2ccc(Br)cc2C)c1Cl. The lowest BCUT2D eigenvalue weighted by molar-refractivity contribution is 0.707.